The minimum Gasteiger partial charge on any atom is -0.366 e. The Morgan fingerprint density at radius 2 is 2.05 bits per heavy atom. The van der Waals surface area contributed by atoms with E-state index in [1.807, 2.05) is 6.92 Å². The van der Waals surface area contributed by atoms with Crippen molar-refractivity contribution in [1.82, 2.24) is 14.9 Å². The minimum absolute atomic E-state index is 0.281. The Balaban J connectivity index is 1.82. The fourth-order valence-electron chi connectivity index (χ4n) is 2.25. The van der Waals surface area contributed by atoms with Gasteiger partial charge in [-0.1, -0.05) is 6.42 Å². The summed E-state index contributed by atoms with van der Waals surface area (Å²) in [5.74, 6) is 0.340. The zero-order valence-corrected chi connectivity index (χ0v) is 11.5. The molecule has 0 aromatic carbocycles. The molecule has 0 aliphatic carbocycles. The molecule has 0 unspecified atom stereocenters. The van der Waals surface area contributed by atoms with Gasteiger partial charge in [-0.15, -0.1) is 0 Å². The topological polar surface area (TPSA) is 53.1 Å². The molecule has 1 fully saturated rings. The van der Waals surface area contributed by atoms with Crippen molar-refractivity contribution in [3.05, 3.63) is 12.0 Å². The van der Waals surface area contributed by atoms with Crippen molar-refractivity contribution < 1.29 is 4.39 Å². The summed E-state index contributed by atoms with van der Waals surface area (Å²) in [7, 11) is 0. The largest absolute Gasteiger partial charge is 0.366 e. The van der Waals surface area contributed by atoms with Crippen molar-refractivity contribution in [2.24, 2.45) is 0 Å². The average molecular weight is 267 g/mol. The average Bonchev–Trinajstić information content (AvgIpc) is 2.44. The summed E-state index contributed by atoms with van der Waals surface area (Å²) in [6.07, 6.45) is 5.07. The van der Waals surface area contributed by atoms with E-state index in [-0.39, 0.29) is 5.82 Å². The van der Waals surface area contributed by atoms with Crippen LogP contribution in [0.1, 0.15) is 26.2 Å². The highest BCUT2D eigenvalue weighted by Gasteiger charge is 2.10. The van der Waals surface area contributed by atoms with E-state index in [1.54, 1.807) is 0 Å². The lowest BCUT2D eigenvalue weighted by atomic mass is 10.1. The number of halogens is 1. The number of aromatic nitrogens is 2. The Labute approximate surface area is 113 Å². The molecule has 0 spiro atoms. The zero-order chi connectivity index (χ0) is 13.5. The lowest BCUT2D eigenvalue weighted by molar-refractivity contribution is 0.237. The van der Waals surface area contributed by atoms with Gasteiger partial charge in [0.25, 0.3) is 0 Å². The molecule has 2 rings (SSSR count). The fraction of sp³-hybridized carbons (Fsp3) is 0.692. The predicted molar refractivity (Wildman–Crippen MR) is 74.9 cm³/mol. The number of hydrogen-bond acceptors (Lipinski definition) is 5. The Hall–Kier alpha value is -1.43. The Bertz CT molecular complexity index is 393. The van der Waals surface area contributed by atoms with Gasteiger partial charge in [0, 0.05) is 19.6 Å². The van der Waals surface area contributed by atoms with Crippen LogP contribution < -0.4 is 10.6 Å². The van der Waals surface area contributed by atoms with Crippen LogP contribution in [0, 0.1) is 5.82 Å². The molecule has 6 heteroatoms. The Kier molecular flexibility index (Phi) is 5.32. The van der Waals surface area contributed by atoms with Gasteiger partial charge in [-0.05, 0) is 32.9 Å². The monoisotopic (exact) mass is 267 g/mol. The molecule has 1 aromatic rings. The van der Waals surface area contributed by atoms with E-state index in [2.05, 4.69) is 25.5 Å². The van der Waals surface area contributed by atoms with Crippen LogP contribution in [0.4, 0.5) is 16.2 Å². The van der Waals surface area contributed by atoms with Gasteiger partial charge in [0.2, 0.25) is 5.95 Å². The Morgan fingerprint density at radius 1 is 1.26 bits per heavy atom. The smallest absolute Gasteiger partial charge is 0.224 e. The third kappa shape index (κ3) is 4.31. The summed E-state index contributed by atoms with van der Waals surface area (Å²) < 4.78 is 13.5. The second-order valence-corrected chi connectivity index (χ2v) is 4.75. The Morgan fingerprint density at radius 3 is 2.79 bits per heavy atom. The summed E-state index contributed by atoms with van der Waals surface area (Å²) in [6, 6.07) is 0. The van der Waals surface area contributed by atoms with E-state index in [1.165, 1.54) is 25.5 Å². The molecule has 0 saturated carbocycles. The van der Waals surface area contributed by atoms with Gasteiger partial charge in [0.05, 0.1) is 6.20 Å². The number of piperidine rings is 1. The van der Waals surface area contributed by atoms with Crippen LogP contribution in [0.5, 0.6) is 0 Å². The minimum atomic E-state index is -0.403. The molecule has 2 heterocycles. The molecule has 1 aliphatic rings. The van der Waals surface area contributed by atoms with Crippen molar-refractivity contribution in [1.29, 1.82) is 0 Å². The second kappa shape index (κ2) is 7.23. The first kappa shape index (κ1) is 14.0. The van der Waals surface area contributed by atoms with Crippen LogP contribution >= 0.6 is 0 Å². The molecule has 0 radical (unpaired) electrons. The van der Waals surface area contributed by atoms with Gasteiger partial charge in [-0.3, -0.25) is 0 Å². The van der Waals surface area contributed by atoms with Crippen LogP contribution in [-0.4, -0.2) is 47.6 Å². The van der Waals surface area contributed by atoms with Crippen LogP contribution in [0.2, 0.25) is 0 Å². The van der Waals surface area contributed by atoms with E-state index in [0.29, 0.717) is 12.5 Å². The van der Waals surface area contributed by atoms with Crippen LogP contribution in [0.25, 0.3) is 0 Å². The van der Waals surface area contributed by atoms with Gasteiger partial charge in [0.1, 0.15) is 0 Å². The highest BCUT2D eigenvalue weighted by Crippen LogP contribution is 2.12. The molecule has 5 nitrogen and oxygen atoms in total. The second-order valence-electron chi connectivity index (χ2n) is 4.75. The van der Waals surface area contributed by atoms with E-state index < -0.39 is 5.82 Å². The normalized spacial score (nSPS) is 16.3. The summed E-state index contributed by atoms with van der Waals surface area (Å²) in [5, 5.41) is 6.03. The first-order chi connectivity index (χ1) is 9.29. The molecule has 1 aromatic heterocycles. The standard InChI is InChI=1S/C13H22FN5/c1-2-15-13-17-10-11(14)12(18-13)16-6-9-19-7-4-3-5-8-19/h10H,2-9H2,1H3,(H2,15,16,17,18). The lowest BCUT2D eigenvalue weighted by Gasteiger charge is -2.26. The number of nitrogens with zero attached hydrogens (tertiary/aromatic N) is 3. The predicted octanol–water partition coefficient (Wildman–Crippen LogP) is 1.95. The first-order valence-electron chi connectivity index (χ1n) is 7.02. The fourth-order valence-corrected chi connectivity index (χ4v) is 2.25. The number of anilines is 2. The third-order valence-corrected chi connectivity index (χ3v) is 3.25. The molecule has 1 saturated heterocycles. The van der Waals surface area contributed by atoms with E-state index in [0.717, 1.165) is 26.2 Å². The number of likely N-dealkylation sites (tertiary alicyclic amines) is 1. The van der Waals surface area contributed by atoms with Crippen LogP contribution in [0.15, 0.2) is 6.20 Å². The molecular formula is C13H22FN5. The van der Waals surface area contributed by atoms with Crippen LogP contribution in [0.3, 0.4) is 0 Å². The quantitative estimate of drug-likeness (QED) is 0.825. The molecule has 0 bridgehead atoms. The summed E-state index contributed by atoms with van der Waals surface area (Å²) in [5.41, 5.74) is 0. The number of rotatable bonds is 6. The van der Waals surface area contributed by atoms with Crippen molar-refractivity contribution in [2.75, 3.05) is 43.4 Å². The van der Waals surface area contributed by atoms with Crippen molar-refractivity contribution in [2.45, 2.75) is 26.2 Å². The summed E-state index contributed by atoms with van der Waals surface area (Å²) in [6.45, 7) is 6.61. The maximum Gasteiger partial charge on any atom is 0.224 e. The maximum absolute atomic E-state index is 13.5. The molecule has 0 atom stereocenters. The molecule has 1 aliphatic heterocycles. The van der Waals surface area contributed by atoms with E-state index in [4.69, 9.17) is 0 Å². The lowest BCUT2D eigenvalue weighted by Crippen LogP contribution is -2.33. The maximum atomic E-state index is 13.5. The highest BCUT2D eigenvalue weighted by molar-refractivity contribution is 5.40. The van der Waals surface area contributed by atoms with Crippen LogP contribution in [-0.2, 0) is 0 Å². The molecular weight excluding hydrogens is 245 g/mol. The van der Waals surface area contributed by atoms with Crippen molar-refractivity contribution in [3.8, 4) is 0 Å². The van der Waals surface area contributed by atoms with Crippen molar-refractivity contribution >= 4 is 11.8 Å². The van der Waals surface area contributed by atoms with E-state index in [9.17, 15) is 4.39 Å². The van der Waals surface area contributed by atoms with Gasteiger partial charge >= 0.3 is 0 Å². The number of nitrogens with one attached hydrogen (secondary N) is 2. The van der Waals surface area contributed by atoms with Crippen molar-refractivity contribution in [3.63, 3.8) is 0 Å². The van der Waals surface area contributed by atoms with Gasteiger partial charge < -0.3 is 15.5 Å². The first-order valence-corrected chi connectivity index (χ1v) is 7.02. The third-order valence-electron chi connectivity index (χ3n) is 3.25. The SMILES string of the molecule is CCNc1ncc(F)c(NCCN2CCCCC2)n1. The molecule has 0 amide bonds. The summed E-state index contributed by atoms with van der Waals surface area (Å²) in [4.78, 5) is 10.4. The highest BCUT2D eigenvalue weighted by atomic mass is 19.1. The molecule has 106 valence electrons. The van der Waals surface area contributed by atoms with Gasteiger partial charge in [-0.25, -0.2) is 9.37 Å². The number of hydrogen-bond donors (Lipinski definition) is 2. The van der Waals surface area contributed by atoms with E-state index >= 15 is 0 Å². The molecule has 2 N–H and O–H groups in total. The zero-order valence-electron chi connectivity index (χ0n) is 11.5. The molecule has 19 heavy (non-hydrogen) atoms. The summed E-state index contributed by atoms with van der Waals surface area (Å²) >= 11 is 0. The van der Waals surface area contributed by atoms with Gasteiger partial charge in [0.15, 0.2) is 11.6 Å². The van der Waals surface area contributed by atoms with Gasteiger partial charge in [-0.2, -0.15) is 4.98 Å².